The average Bonchev–Trinajstić information content (AvgIpc) is 3.80. The van der Waals surface area contributed by atoms with E-state index in [1.54, 1.807) is 25.8 Å². The minimum absolute atomic E-state index is 0.000346. The second kappa shape index (κ2) is 29.2. The zero-order valence-corrected chi connectivity index (χ0v) is 41.9. The lowest BCUT2D eigenvalue weighted by Crippen LogP contribution is -2.54. The predicted molar refractivity (Wildman–Crippen MR) is 256 cm³/mol. The number of ketones is 2. The fraction of sp³-hybridized carbons (Fsp3) is 0.808. The molecule has 0 bridgehead atoms. The van der Waals surface area contributed by atoms with Crippen molar-refractivity contribution in [3.8, 4) is 23.7 Å². The third kappa shape index (κ3) is 18.3. The van der Waals surface area contributed by atoms with Crippen LogP contribution in [0.3, 0.4) is 0 Å². The van der Waals surface area contributed by atoms with Crippen LogP contribution in [0, 0.1) is 64.6 Å². The molecule has 372 valence electrons. The van der Waals surface area contributed by atoms with Crippen molar-refractivity contribution in [2.24, 2.45) is 40.9 Å². The standard InChI is InChI=1S/C52H85N5O9/c1-10-38(32-58)49(62)56-47(40-24-17-14-18-25-40)46(60)30-36(4)48(61)54-42(35(2)3)33-65-28-19-11-12-20-29-66-34-43(39-22-15-13-16-23-39)55-50(63)44-26-21-27-57(44)51(64)41(52(6,7)8)31-45(59)37(5)53-9/h35-44,47,53,58H,10,13-18,21-34H2,1-9H3,(H,54,61)(H,55,63)(H,56,62)/t36-,37+,38-,41-,42-,43-,44?,47-/m1/s1. The molecule has 0 aromatic heterocycles. The smallest absolute Gasteiger partial charge is 0.243 e. The molecule has 3 rings (SSSR count). The summed E-state index contributed by atoms with van der Waals surface area (Å²) in [6, 6.07) is -2.15. The van der Waals surface area contributed by atoms with E-state index in [9.17, 15) is 33.9 Å². The fourth-order valence-electron chi connectivity index (χ4n) is 9.40. The minimum Gasteiger partial charge on any atom is -0.396 e. The van der Waals surface area contributed by atoms with Crippen LogP contribution in [0.4, 0.5) is 0 Å². The van der Waals surface area contributed by atoms with E-state index in [-0.39, 0.29) is 110 Å². The van der Waals surface area contributed by atoms with Crippen LogP contribution in [0.2, 0.25) is 0 Å². The van der Waals surface area contributed by atoms with Gasteiger partial charge in [0.1, 0.15) is 25.0 Å². The first-order valence-corrected chi connectivity index (χ1v) is 25.1. The molecule has 5 N–H and O–H groups in total. The number of likely N-dealkylation sites (N-methyl/N-ethyl adjacent to an activating group) is 1. The molecule has 0 aromatic rings. The molecule has 1 heterocycles. The van der Waals surface area contributed by atoms with Gasteiger partial charge >= 0.3 is 0 Å². The number of Topliss-reactive ketones (excluding diaryl/α,β-unsaturated/α-hetero) is 2. The zero-order valence-electron chi connectivity index (χ0n) is 41.9. The van der Waals surface area contributed by atoms with Gasteiger partial charge in [0.25, 0.3) is 0 Å². The summed E-state index contributed by atoms with van der Waals surface area (Å²) in [6.45, 7) is 16.2. The molecule has 3 fully saturated rings. The second-order valence-electron chi connectivity index (χ2n) is 20.5. The van der Waals surface area contributed by atoms with Crippen molar-refractivity contribution in [1.29, 1.82) is 0 Å². The number of ether oxygens (including phenoxy) is 2. The van der Waals surface area contributed by atoms with Crippen LogP contribution in [0.25, 0.3) is 0 Å². The van der Waals surface area contributed by atoms with Crippen molar-refractivity contribution in [3.63, 3.8) is 0 Å². The summed E-state index contributed by atoms with van der Waals surface area (Å²) in [6.07, 6.45) is 12.0. The maximum Gasteiger partial charge on any atom is 0.243 e. The number of amides is 4. The van der Waals surface area contributed by atoms with E-state index < -0.39 is 35.3 Å². The highest BCUT2D eigenvalue weighted by atomic mass is 16.5. The largest absolute Gasteiger partial charge is 0.396 e. The average molecular weight is 924 g/mol. The number of carbonyl (C=O) groups is 6. The first-order valence-electron chi connectivity index (χ1n) is 25.1. The Hall–Kier alpha value is -3.82. The van der Waals surface area contributed by atoms with E-state index in [1.807, 2.05) is 41.5 Å². The number of aliphatic hydroxyl groups is 1. The second-order valence-corrected chi connectivity index (χ2v) is 20.5. The van der Waals surface area contributed by atoms with Gasteiger partial charge < -0.3 is 40.7 Å². The number of hydrogen-bond acceptors (Lipinski definition) is 10. The first-order chi connectivity index (χ1) is 31.4. The van der Waals surface area contributed by atoms with E-state index in [0.717, 1.165) is 64.2 Å². The lowest BCUT2D eigenvalue weighted by Gasteiger charge is -2.36. The quantitative estimate of drug-likeness (QED) is 0.0606. The number of nitrogens with one attached hydrogen (secondary N) is 4. The van der Waals surface area contributed by atoms with Gasteiger partial charge in [-0.25, -0.2) is 0 Å². The molecule has 2 aliphatic carbocycles. The molecule has 1 unspecified atom stereocenters. The van der Waals surface area contributed by atoms with Crippen LogP contribution in [-0.4, -0.2) is 122 Å². The summed E-state index contributed by atoms with van der Waals surface area (Å²) in [7, 11) is 1.73. The molecular formula is C52H85N5O9. The Morgan fingerprint density at radius 1 is 0.727 bits per heavy atom. The number of rotatable bonds is 25. The van der Waals surface area contributed by atoms with E-state index in [1.165, 1.54) is 6.42 Å². The lowest BCUT2D eigenvalue weighted by atomic mass is 9.76. The summed E-state index contributed by atoms with van der Waals surface area (Å²) in [5.74, 6) is 8.99. The minimum atomic E-state index is -0.671. The topological polar surface area (TPSA) is 192 Å². The summed E-state index contributed by atoms with van der Waals surface area (Å²) >= 11 is 0. The summed E-state index contributed by atoms with van der Waals surface area (Å²) in [4.78, 5) is 82.4. The van der Waals surface area contributed by atoms with Crippen LogP contribution in [0.1, 0.15) is 152 Å². The SMILES string of the molecule is CC[C@H](CO)C(=O)N[C@@H](C(=O)C[C@@H](C)C(=O)N[C@H](COCC#CC#CCOC[C@@H](NC(=O)C1CCCN1C(=O)[C@@H](CC(=O)[C@H](C)NC)C(C)(C)C)C1CCCCC1)C(C)C)C1CCCCC1. The predicted octanol–water partition coefficient (Wildman–Crippen LogP) is 5.13. The Balaban J connectivity index is 1.50. The van der Waals surface area contributed by atoms with E-state index in [2.05, 4.69) is 44.9 Å². The zero-order chi connectivity index (χ0) is 48.8. The monoisotopic (exact) mass is 924 g/mol. The van der Waals surface area contributed by atoms with Gasteiger partial charge in [0.15, 0.2) is 5.78 Å². The molecule has 66 heavy (non-hydrogen) atoms. The van der Waals surface area contributed by atoms with Gasteiger partial charge in [0.2, 0.25) is 23.6 Å². The van der Waals surface area contributed by atoms with Gasteiger partial charge in [-0.3, -0.25) is 28.8 Å². The van der Waals surface area contributed by atoms with Gasteiger partial charge in [0.05, 0.1) is 49.9 Å². The van der Waals surface area contributed by atoms with Gasteiger partial charge in [0, 0.05) is 31.2 Å². The highest BCUT2D eigenvalue weighted by Crippen LogP contribution is 2.34. The van der Waals surface area contributed by atoms with Gasteiger partial charge in [-0.1, -0.05) is 98.8 Å². The molecule has 0 radical (unpaired) electrons. The Bertz CT molecular complexity index is 1690. The molecule has 4 amide bonds. The van der Waals surface area contributed by atoms with Crippen molar-refractivity contribution in [1.82, 2.24) is 26.2 Å². The summed E-state index contributed by atoms with van der Waals surface area (Å²) in [5, 5.41) is 21.9. The summed E-state index contributed by atoms with van der Waals surface area (Å²) in [5.41, 5.74) is -0.454. The highest BCUT2D eigenvalue weighted by Gasteiger charge is 2.43. The van der Waals surface area contributed by atoms with Gasteiger partial charge in [-0.15, -0.1) is 0 Å². The number of likely N-dealkylation sites (tertiary alicyclic amines) is 1. The molecular weight excluding hydrogens is 839 g/mol. The number of carbonyl (C=O) groups excluding carboxylic acids is 6. The van der Waals surface area contributed by atoms with Crippen molar-refractivity contribution < 1.29 is 43.3 Å². The molecule has 2 saturated carbocycles. The van der Waals surface area contributed by atoms with E-state index in [0.29, 0.717) is 26.0 Å². The lowest BCUT2D eigenvalue weighted by molar-refractivity contribution is -0.146. The van der Waals surface area contributed by atoms with Crippen molar-refractivity contribution in [3.05, 3.63) is 0 Å². The maximum absolute atomic E-state index is 14.0. The molecule has 1 aliphatic heterocycles. The normalized spacial score (nSPS) is 20.3. The third-order valence-corrected chi connectivity index (χ3v) is 14.2. The van der Waals surface area contributed by atoms with Crippen molar-refractivity contribution >= 4 is 35.2 Å². The Morgan fingerprint density at radius 2 is 1.32 bits per heavy atom. The first kappa shape index (κ1) is 56.5. The molecule has 8 atom stereocenters. The number of hydrogen-bond donors (Lipinski definition) is 5. The van der Waals surface area contributed by atoms with Crippen LogP contribution >= 0.6 is 0 Å². The highest BCUT2D eigenvalue weighted by molar-refractivity contribution is 5.94. The van der Waals surface area contributed by atoms with Crippen LogP contribution in [-0.2, 0) is 38.2 Å². The van der Waals surface area contributed by atoms with E-state index >= 15 is 0 Å². The Morgan fingerprint density at radius 3 is 1.86 bits per heavy atom. The van der Waals surface area contributed by atoms with E-state index in [4.69, 9.17) is 9.47 Å². The van der Waals surface area contributed by atoms with Crippen molar-refractivity contribution in [2.45, 2.75) is 182 Å². The Kier molecular flexibility index (Phi) is 25.0. The van der Waals surface area contributed by atoms with Gasteiger partial charge in [-0.2, -0.15) is 0 Å². The molecule has 1 saturated heterocycles. The Labute approximate surface area is 396 Å². The molecule has 0 aromatic carbocycles. The maximum atomic E-state index is 14.0. The van der Waals surface area contributed by atoms with Crippen LogP contribution in [0.5, 0.6) is 0 Å². The van der Waals surface area contributed by atoms with Crippen LogP contribution in [0.15, 0.2) is 0 Å². The van der Waals surface area contributed by atoms with Crippen LogP contribution < -0.4 is 21.3 Å². The third-order valence-electron chi connectivity index (χ3n) is 14.2. The molecule has 3 aliphatic rings. The van der Waals surface area contributed by atoms with Crippen molar-refractivity contribution in [2.75, 3.05) is 46.6 Å². The number of nitrogens with zero attached hydrogens (tertiary/aromatic N) is 1. The molecule has 14 heteroatoms. The molecule has 0 spiro atoms. The van der Waals surface area contributed by atoms with Gasteiger partial charge in [-0.05, 0) is 93.9 Å². The fourth-order valence-corrected chi connectivity index (χ4v) is 9.40. The summed E-state index contributed by atoms with van der Waals surface area (Å²) < 4.78 is 11.8. The molecule has 14 nitrogen and oxygen atoms in total. The number of aliphatic hydroxyl groups excluding tert-OH is 1.